The predicted molar refractivity (Wildman–Crippen MR) is 114 cm³/mol. The highest BCUT2D eigenvalue weighted by Gasteiger charge is 2.27. The van der Waals surface area contributed by atoms with Crippen LogP contribution in [0.15, 0.2) is 41.3 Å². The molecule has 2 aliphatic rings. The highest BCUT2D eigenvalue weighted by atomic mass is 32.2. The Morgan fingerprint density at radius 1 is 1.14 bits per heavy atom. The zero-order valence-electron chi connectivity index (χ0n) is 16.5. The first-order valence-electron chi connectivity index (χ1n) is 9.95. The third-order valence-corrected chi connectivity index (χ3v) is 6.74. The molecule has 1 fully saturated rings. The average Bonchev–Trinajstić information content (AvgIpc) is 3.19. The van der Waals surface area contributed by atoms with Gasteiger partial charge in [0.25, 0.3) is 5.91 Å². The van der Waals surface area contributed by atoms with E-state index in [2.05, 4.69) is 37.4 Å². The molecule has 28 heavy (non-hydrogen) atoms. The van der Waals surface area contributed by atoms with Crippen molar-refractivity contribution in [3.8, 4) is 0 Å². The highest BCUT2D eigenvalue weighted by Crippen LogP contribution is 2.37. The molecule has 1 N–H and O–H groups in total. The number of thioether (sulfide) groups is 1. The van der Waals surface area contributed by atoms with Crippen LogP contribution in [0.2, 0.25) is 0 Å². The molecule has 146 valence electrons. The summed E-state index contributed by atoms with van der Waals surface area (Å²) in [6.07, 6.45) is 4.49. The van der Waals surface area contributed by atoms with Crippen LogP contribution in [0.4, 0.5) is 5.69 Å². The number of benzene rings is 2. The summed E-state index contributed by atoms with van der Waals surface area (Å²) in [6, 6.07) is 12.3. The second-order valence-corrected chi connectivity index (χ2v) is 8.85. The van der Waals surface area contributed by atoms with Crippen molar-refractivity contribution in [1.29, 1.82) is 0 Å². The van der Waals surface area contributed by atoms with Crippen molar-refractivity contribution in [3.05, 3.63) is 58.7 Å². The van der Waals surface area contributed by atoms with Crippen LogP contribution in [0.5, 0.6) is 0 Å². The Hall–Kier alpha value is -2.27. The average molecular weight is 395 g/mol. The van der Waals surface area contributed by atoms with E-state index < -0.39 is 0 Å². The topological polar surface area (TPSA) is 49.4 Å². The second-order valence-electron chi connectivity index (χ2n) is 7.84. The normalized spacial score (nSPS) is 16.9. The lowest BCUT2D eigenvalue weighted by Gasteiger charge is -2.30. The Balaban J connectivity index is 1.62. The summed E-state index contributed by atoms with van der Waals surface area (Å²) in [6.45, 7) is 4.67. The smallest absolute Gasteiger partial charge is 0.251 e. The number of anilines is 1. The molecule has 0 radical (unpaired) electrons. The molecule has 2 aromatic rings. The molecule has 0 atom stereocenters. The number of carbonyl (C=O) groups is 2. The molecule has 0 saturated heterocycles. The van der Waals surface area contributed by atoms with Gasteiger partial charge in [-0.15, -0.1) is 11.8 Å². The number of nitrogens with one attached hydrogen (secondary N) is 1. The van der Waals surface area contributed by atoms with Gasteiger partial charge >= 0.3 is 0 Å². The molecule has 0 spiro atoms. The van der Waals surface area contributed by atoms with Crippen LogP contribution in [0.3, 0.4) is 0 Å². The molecule has 0 aromatic heterocycles. The van der Waals surface area contributed by atoms with Gasteiger partial charge in [0, 0.05) is 16.5 Å². The summed E-state index contributed by atoms with van der Waals surface area (Å²) in [7, 11) is 0. The van der Waals surface area contributed by atoms with Gasteiger partial charge in [0.1, 0.15) is 0 Å². The lowest BCUT2D eigenvalue weighted by atomic mass is 10.0. The lowest BCUT2D eigenvalue weighted by Crippen LogP contribution is -2.36. The quantitative estimate of drug-likeness (QED) is 0.823. The molecule has 1 aliphatic carbocycles. The van der Waals surface area contributed by atoms with Crippen molar-refractivity contribution in [3.63, 3.8) is 0 Å². The van der Waals surface area contributed by atoms with Crippen LogP contribution in [0.1, 0.15) is 52.7 Å². The van der Waals surface area contributed by atoms with E-state index in [4.69, 9.17) is 0 Å². The van der Waals surface area contributed by atoms with Gasteiger partial charge in [0.05, 0.1) is 18.0 Å². The monoisotopic (exact) mass is 394 g/mol. The molecular formula is C23H26N2O2S. The summed E-state index contributed by atoms with van der Waals surface area (Å²) < 4.78 is 0. The molecule has 4 nitrogen and oxygen atoms in total. The second kappa shape index (κ2) is 8.00. The first-order chi connectivity index (χ1) is 13.5. The molecule has 2 aromatic carbocycles. The maximum atomic E-state index is 12.7. The van der Waals surface area contributed by atoms with Crippen LogP contribution < -0.4 is 10.2 Å². The SMILES string of the molecule is Cc1ccc(C)c(CN2C(=O)CSc3ccc(C(=O)NC4CCCC4)cc32)c1. The minimum atomic E-state index is -0.0376. The Bertz CT molecular complexity index is 919. The summed E-state index contributed by atoms with van der Waals surface area (Å²) >= 11 is 1.55. The predicted octanol–water partition coefficient (Wildman–Crippen LogP) is 4.61. The van der Waals surface area contributed by atoms with Gasteiger partial charge in [0.2, 0.25) is 5.91 Å². The van der Waals surface area contributed by atoms with Crippen molar-refractivity contribution < 1.29 is 9.59 Å². The van der Waals surface area contributed by atoms with Crippen LogP contribution in [-0.4, -0.2) is 23.6 Å². The Kier molecular flexibility index (Phi) is 5.44. The van der Waals surface area contributed by atoms with E-state index in [1.807, 2.05) is 23.1 Å². The van der Waals surface area contributed by atoms with E-state index in [0.717, 1.165) is 29.0 Å². The number of fused-ring (bicyclic) bond motifs is 1. The molecule has 1 saturated carbocycles. The van der Waals surface area contributed by atoms with Crippen LogP contribution in [0.25, 0.3) is 0 Å². The number of rotatable bonds is 4. The molecule has 1 aliphatic heterocycles. The fourth-order valence-corrected chi connectivity index (χ4v) is 4.91. The number of aryl methyl sites for hydroxylation is 2. The maximum absolute atomic E-state index is 12.7. The number of nitrogens with zero attached hydrogens (tertiary/aromatic N) is 1. The van der Waals surface area contributed by atoms with Gasteiger partial charge in [-0.25, -0.2) is 0 Å². The standard InChI is InChI=1S/C23H26N2O2S/c1-15-7-8-16(2)18(11-15)13-25-20-12-17(9-10-21(20)28-14-22(25)26)23(27)24-19-5-3-4-6-19/h7-12,19H,3-6,13-14H2,1-2H3,(H,24,27). The van der Waals surface area contributed by atoms with Gasteiger partial charge in [-0.05, 0) is 56.0 Å². The maximum Gasteiger partial charge on any atom is 0.251 e. The van der Waals surface area contributed by atoms with Crippen molar-refractivity contribution in [1.82, 2.24) is 5.32 Å². The van der Waals surface area contributed by atoms with Gasteiger partial charge in [0.15, 0.2) is 0 Å². The minimum absolute atomic E-state index is 0.0376. The first-order valence-corrected chi connectivity index (χ1v) is 10.9. The van der Waals surface area contributed by atoms with E-state index in [0.29, 0.717) is 17.9 Å². The molecule has 1 heterocycles. The van der Waals surface area contributed by atoms with E-state index in [-0.39, 0.29) is 17.9 Å². The number of hydrogen-bond donors (Lipinski definition) is 1. The zero-order chi connectivity index (χ0) is 19.7. The Labute approximate surface area is 170 Å². The Morgan fingerprint density at radius 2 is 1.93 bits per heavy atom. The third kappa shape index (κ3) is 3.95. The largest absolute Gasteiger partial charge is 0.349 e. The van der Waals surface area contributed by atoms with Gasteiger partial charge in [-0.1, -0.05) is 36.6 Å². The zero-order valence-corrected chi connectivity index (χ0v) is 17.3. The fraction of sp³-hybridized carbons (Fsp3) is 0.391. The van der Waals surface area contributed by atoms with Crippen molar-refractivity contribution in [2.75, 3.05) is 10.7 Å². The van der Waals surface area contributed by atoms with Crippen LogP contribution in [0, 0.1) is 13.8 Å². The number of hydrogen-bond acceptors (Lipinski definition) is 3. The van der Waals surface area contributed by atoms with Crippen molar-refractivity contribution in [2.24, 2.45) is 0 Å². The van der Waals surface area contributed by atoms with Gasteiger partial charge < -0.3 is 10.2 Å². The third-order valence-electron chi connectivity index (χ3n) is 5.69. The van der Waals surface area contributed by atoms with Crippen molar-refractivity contribution in [2.45, 2.75) is 57.0 Å². The molecular weight excluding hydrogens is 368 g/mol. The summed E-state index contributed by atoms with van der Waals surface area (Å²) in [5, 5.41) is 3.15. The molecule has 5 heteroatoms. The van der Waals surface area contributed by atoms with Crippen LogP contribution in [-0.2, 0) is 11.3 Å². The summed E-state index contributed by atoms with van der Waals surface area (Å²) in [5.41, 5.74) is 4.98. The van der Waals surface area contributed by atoms with E-state index >= 15 is 0 Å². The van der Waals surface area contributed by atoms with E-state index in [9.17, 15) is 9.59 Å². The fourth-order valence-electron chi connectivity index (χ4n) is 4.00. The Morgan fingerprint density at radius 3 is 2.71 bits per heavy atom. The van der Waals surface area contributed by atoms with Crippen LogP contribution >= 0.6 is 11.8 Å². The highest BCUT2D eigenvalue weighted by molar-refractivity contribution is 8.00. The lowest BCUT2D eigenvalue weighted by molar-refractivity contribution is -0.116. The molecule has 2 amide bonds. The first kappa shape index (κ1) is 19.1. The van der Waals surface area contributed by atoms with Crippen molar-refractivity contribution >= 4 is 29.3 Å². The van der Waals surface area contributed by atoms with Gasteiger partial charge in [-0.2, -0.15) is 0 Å². The summed E-state index contributed by atoms with van der Waals surface area (Å²) in [5.74, 6) is 0.488. The molecule has 4 rings (SSSR count). The molecule has 0 unspecified atom stereocenters. The van der Waals surface area contributed by atoms with Gasteiger partial charge in [-0.3, -0.25) is 9.59 Å². The minimum Gasteiger partial charge on any atom is -0.349 e. The molecule has 0 bridgehead atoms. The number of carbonyl (C=O) groups excluding carboxylic acids is 2. The van der Waals surface area contributed by atoms with E-state index in [1.54, 1.807) is 11.8 Å². The van der Waals surface area contributed by atoms with E-state index in [1.165, 1.54) is 24.0 Å². The summed E-state index contributed by atoms with van der Waals surface area (Å²) in [4.78, 5) is 28.3. The number of amides is 2.